The normalized spacial score (nSPS) is 18.3. The van der Waals surface area contributed by atoms with Crippen molar-refractivity contribution in [1.82, 2.24) is 9.62 Å². The molecule has 1 aliphatic rings. The molecule has 7 heteroatoms. The number of benzene rings is 1. The molecule has 1 fully saturated rings. The van der Waals surface area contributed by atoms with Gasteiger partial charge in [-0.25, -0.2) is 13.1 Å². The molecule has 1 amide bonds. The van der Waals surface area contributed by atoms with Gasteiger partial charge in [-0.05, 0) is 55.8 Å². The van der Waals surface area contributed by atoms with E-state index in [-0.39, 0.29) is 23.4 Å². The van der Waals surface area contributed by atoms with Crippen LogP contribution in [0.5, 0.6) is 0 Å². The van der Waals surface area contributed by atoms with Crippen LogP contribution in [0, 0.1) is 0 Å². The third-order valence-corrected chi connectivity index (χ3v) is 6.75. The van der Waals surface area contributed by atoms with Crippen molar-refractivity contribution in [3.8, 4) is 0 Å². The van der Waals surface area contributed by atoms with Crippen LogP contribution >= 0.6 is 11.3 Å². The first-order valence-electron chi connectivity index (χ1n) is 8.40. The first kappa shape index (κ1) is 18.1. The maximum absolute atomic E-state index is 12.7. The highest BCUT2D eigenvalue weighted by Gasteiger charge is 2.25. The molecule has 3 rings (SSSR count). The van der Waals surface area contributed by atoms with E-state index in [0.29, 0.717) is 5.56 Å². The van der Waals surface area contributed by atoms with Gasteiger partial charge in [0.1, 0.15) is 0 Å². The van der Waals surface area contributed by atoms with Crippen LogP contribution in [0.25, 0.3) is 0 Å². The number of hydrogen-bond acceptors (Lipinski definition) is 4. The Morgan fingerprint density at radius 1 is 1.28 bits per heavy atom. The second-order valence-corrected chi connectivity index (χ2v) is 9.07. The van der Waals surface area contributed by atoms with E-state index in [4.69, 9.17) is 0 Å². The van der Waals surface area contributed by atoms with Crippen LogP contribution in [0.1, 0.15) is 41.4 Å². The summed E-state index contributed by atoms with van der Waals surface area (Å²) < 4.78 is 27.6. The van der Waals surface area contributed by atoms with Crippen molar-refractivity contribution in [3.05, 3.63) is 52.2 Å². The number of hydrogen-bond donors (Lipinski definition) is 1. The van der Waals surface area contributed by atoms with Crippen molar-refractivity contribution in [3.63, 3.8) is 0 Å². The van der Waals surface area contributed by atoms with Crippen LogP contribution in [-0.2, 0) is 16.6 Å². The van der Waals surface area contributed by atoms with Gasteiger partial charge in [-0.1, -0.05) is 12.1 Å². The second-order valence-electron chi connectivity index (χ2n) is 6.28. The van der Waals surface area contributed by atoms with Gasteiger partial charge in [0.15, 0.2) is 0 Å². The summed E-state index contributed by atoms with van der Waals surface area (Å²) in [5, 5.41) is 1.91. The molecule has 134 valence electrons. The zero-order valence-electron chi connectivity index (χ0n) is 14.1. The minimum atomic E-state index is -3.65. The maximum atomic E-state index is 12.7. The molecule has 25 heavy (non-hydrogen) atoms. The molecule has 1 saturated heterocycles. The lowest BCUT2D eigenvalue weighted by atomic mass is 10.0. The van der Waals surface area contributed by atoms with Gasteiger partial charge in [-0.2, -0.15) is 0 Å². The summed E-state index contributed by atoms with van der Waals surface area (Å²) in [6.07, 6.45) is 3.12. The number of carbonyl (C=O) groups excluding carboxylic acids is 1. The van der Waals surface area contributed by atoms with Gasteiger partial charge < -0.3 is 4.90 Å². The minimum absolute atomic E-state index is 0.0949. The van der Waals surface area contributed by atoms with Crippen molar-refractivity contribution >= 4 is 27.3 Å². The Balaban J connectivity index is 1.77. The average molecular weight is 379 g/mol. The van der Waals surface area contributed by atoms with Crippen LogP contribution in [0.4, 0.5) is 0 Å². The molecule has 1 unspecified atom stereocenters. The van der Waals surface area contributed by atoms with Crippen LogP contribution in [0.2, 0.25) is 0 Å². The number of likely N-dealkylation sites (tertiary alicyclic amines) is 1. The summed E-state index contributed by atoms with van der Waals surface area (Å²) in [6.45, 7) is 3.02. The van der Waals surface area contributed by atoms with E-state index in [1.165, 1.54) is 23.5 Å². The third-order valence-electron chi connectivity index (χ3n) is 4.47. The van der Waals surface area contributed by atoms with E-state index in [1.807, 2.05) is 29.3 Å². The summed E-state index contributed by atoms with van der Waals surface area (Å²) in [5.41, 5.74) is 0.424. The second kappa shape index (κ2) is 7.68. The molecular weight excluding hydrogens is 356 g/mol. The van der Waals surface area contributed by atoms with E-state index in [2.05, 4.69) is 4.72 Å². The molecule has 0 spiro atoms. The maximum Gasteiger partial charge on any atom is 0.254 e. The number of thiophene rings is 1. The Hall–Kier alpha value is -1.70. The van der Waals surface area contributed by atoms with Crippen LogP contribution in [0.3, 0.4) is 0 Å². The number of rotatable bonds is 5. The lowest BCUT2D eigenvalue weighted by Gasteiger charge is -2.33. The standard InChI is InChI=1S/C18H22N2O3S2/c1-14-6-2-3-10-20(14)18(21)15-7-4-9-17(12-15)25(22,23)19-13-16-8-5-11-24-16/h4-5,7-9,11-12,14,19H,2-3,6,10,13H2,1H3. The summed E-state index contributed by atoms with van der Waals surface area (Å²) in [7, 11) is -3.65. The first-order chi connectivity index (χ1) is 12.0. The SMILES string of the molecule is CC1CCCCN1C(=O)c1cccc(S(=O)(=O)NCc2cccs2)c1. The minimum Gasteiger partial charge on any atom is -0.336 e. The Morgan fingerprint density at radius 3 is 2.84 bits per heavy atom. The summed E-state index contributed by atoms with van der Waals surface area (Å²) in [4.78, 5) is 15.7. The Labute approximate surface area is 152 Å². The molecule has 1 atom stereocenters. The Bertz CT molecular complexity index is 832. The lowest BCUT2D eigenvalue weighted by Crippen LogP contribution is -2.42. The van der Waals surface area contributed by atoms with E-state index < -0.39 is 10.0 Å². The van der Waals surface area contributed by atoms with Gasteiger partial charge in [0.25, 0.3) is 5.91 Å². The van der Waals surface area contributed by atoms with Crippen LogP contribution in [-0.4, -0.2) is 31.8 Å². The molecule has 2 aromatic rings. The van der Waals surface area contributed by atoms with Crippen molar-refractivity contribution in [1.29, 1.82) is 0 Å². The van der Waals surface area contributed by atoms with Gasteiger partial charge >= 0.3 is 0 Å². The van der Waals surface area contributed by atoms with Crippen LogP contribution in [0.15, 0.2) is 46.7 Å². The smallest absolute Gasteiger partial charge is 0.254 e. The average Bonchev–Trinajstić information content (AvgIpc) is 3.14. The van der Waals surface area contributed by atoms with E-state index in [1.54, 1.807) is 12.1 Å². The highest BCUT2D eigenvalue weighted by atomic mass is 32.2. The molecule has 0 aliphatic carbocycles. The zero-order valence-corrected chi connectivity index (χ0v) is 15.8. The molecule has 0 bridgehead atoms. The molecule has 2 heterocycles. The quantitative estimate of drug-likeness (QED) is 0.868. The number of nitrogens with one attached hydrogen (secondary N) is 1. The van der Waals surface area contributed by atoms with Gasteiger partial charge in [-0.3, -0.25) is 4.79 Å². The van der Waals surface area contributed by atoms with Gasteiger partial charge in [0, 0.05) is 29.6 Å². The number of nitrogens with zero attached hydrogens (tertiary/aromatic N) is 1. The van der Waals surface area contributed by atoms with Crippen molar-refractivity contribution in [2.75, 3.05) is 6.54 Å². The van der Waals surface area contributed by atoms with E-state index in [0.717, 1.165) is 30.7 Å². The Kier molecular flexibility index (Phi) is 5.56. The molecule has 1 aromatic heterocycles. The fraction of sp³-hybridized carbons (Fsp3) is 0.389. The van der Waals surface area contributed by atoms with Crippen LogP contribution < -0.4 is 4.72 Å². The van der Waals surface area contributed by atoms with Gasteiger partial charge in [0.05, 0.1) is 4.90 Å². The topological polar surface area (TPSA) is 66.5 Å². The van der Waals surface area contributed by atoms with Crippen molar-refractivity contribution in [2.45, 2.75) is 43.7 Å². The Morgan fingerprint density at radius 2 is 2.12 bits per heavy atom. The summed E-state index contributed by atoms with van der Waals surface area (Å²) in [5.74, 6) is -0.0949. The number of carbonyl (C=O) groups is 1. The molecule has 0 radical (unpaired) electrons. The van der Waals surface area contributed by atoms with Gasteiger partial charge in [-0.15, -0.1) is 11.3 Å². The first-order valence-corrected chi connectivity index (χ1v) is 10.8. The van der Waals surface area contributed by atoms with E-state index in [9.17, 15) is 13.2 Å². The fourth-order valence-electron chi connectivity index (χ4n) is 3.02. The highest BCUT2D eigenvalue weighted by Crippen LogP contribution is 2.21. The molecule has 5 nitrogen and oxygen atoms in total. The number of amides is 1. The predicted molar refractivity (Wildman–Crippen MR) is 99.1 cm³/mol. The molecule has 1 aliphatic heterocycles. The number of piperidine rings is 1. The van der Waals surface area contributed by atoms with E-state index >= 15 is 0 Å². The van der Waals surface area contributed by atoms with Gasteiger partial charge in [0.2, 0.25) is 10.0 Å². The van der Waals surface area contributed by atoms with Crippen molar-refractivity contribution in [2.24, 2.45) is 0 Å². The molecular formula is C18H22N2O3S2. The summed E-state index contributed by atoms with van der Waals surface area (Å²) in [6, 6.07) is 10.3. The lowest BCUT2D eigenvalue weighted by molar-refractivity contribution is 0.0635. The largest absolute Gasteiger partial charge is 0.336 e. The molecule has 0 saturated carbocycles. The highest BCUT2D eigenvalue weighted by molar-refractivity contribution is 7.89. The van der Waals surface area contributed by atoms with Crippen molar-refractivity contribution < 1.29 is 13.2 Å². The molecule has 1 N–H and O–H groups in total. The monoisotopic (exact) mass is 378 g/mol. The predicted octanol–water partition coefficient (Wildman–Crippen LogP) is 3.24. The zero-order chi connectivity index (χ0) is 17.9. The third kappa shape index (κ3) is 4.29. The summed E-state index contributed by atoms with van der Waals surface area (Å²) >= 11 is 1.50. The number of sulfonamides is 1. The molecule has 1 aromatic carbocycles. The fourth-order valence-corrected chi connectivity index (χ4v) is 4.81.